The number of likely N-dealkylation sites (N-methyl/N-ethyl adjacent to an activating group) is 1. The molecule has 0 bridgehead atoms. The van der Waals surface area contributed by atoms with Gasteiger partial charge in [0.05, 0.1) is 16.4 Å². The summed E-state index contributed by atoms with van der Waals surface area (Å²) >= 11 is 0. The van der Waals surface area contributed by atoms with Crippen LogP contribution in [0.4, 0.5) is 14.5 Å². The van der Waals surface area contributed by atoms with E-state index in [2.05, 4.69) is 45.7 Å². The Morgan fingerprint density at radius 2 is 1.86 bits per heavy atom. The van der Waals surface area contributed by atoms with Crippen LogP contribution in [-0.4, -0.2) is 68.8 Å². The number of hydrogen-bond donors (Lipinski definition) is 4. The molecule has 6 aromatic rings. The second kappa shape index (κ2) is 11.6. The Balaban J connectivity index is 1.40. The van der Waals surface area contributed by atoms with Crippen LogP contribution in [0.3, 0.4) is 0 Å². The summed E-state index contributed by atoms with van der Waals surface area (Å²) in [6.45, 7) is 4.98. The number of anilines is 1. The highest BCUT2D eigenvalue weighted by Crippen LogP contribution is 2.35. The van der Waals surface area contributed by atoms with Crippen LogP contribution in [0.5, 0.6) is 0 Å². The lowest BCUT2D eigenvalue weighted by Gasteiger charge is -2.13. The first-order valence-corrected chi connectivity index (χ1v) is 13.8. The molecule has 0 amide bonds. The number of fused-ring (bicyclic) bond motifs is 2. The number of nitrogens with zero attached hydrogens (tertiary/aromatic N) is 5. The average molecular weight is 568 g/mol. The number of hydrogen-bond acceptors (Lipinski definition) is 7. The highest BCUT2D eigenvalue weighted by molar-refractivity contribution is 5.98. The van der Waals surface area contributed by atoms with Crippen molar-refractivity contribution in [1.29, 1.82) is 0 Å². The topological polar surface area (TPSA) is 110 Å². The van der Waals surface area contributed by atoms with Gasteiger partial charge in [0.15, 0.2) is 11.5 Å². The Bertz CT molecular complexity index is 1880. The molecule has 0 saturated heterocycles. The maximum atomic E-state index is 16.1. The fourth-order valence-corrected chi connectivity index (χ4v) is 5.00. The first kappa shape index (κ1) is 27.4. The molecule has 9 nitrogen and oxygen atoms in total. The van der Waals surface area contributed by atoms with Crippen LogP contribution in [0, 0.1) is 11.6 Å². The molecule has 4 aromatic heterocycles. The van der Waals surface area contributed by atoms with Gasteiger partial charge in [-0.3, -0.25) is 10.1 Å². The lowest BCUT2D eigenvalue weighted by Crippen LogP contribution is -2.20. The van der Waals surface area contributed by atoms with Crippen LogP contribution in [-0.2, 0) is 6.54 Å². The Kier molecular flexibility index (Phi) is 7.60. The van der Waals surface area contributed by atoms with Crippen molar-refractivity contribution < 1.29 is 8.78 Å². The summed E-state index contributed by atoms with van der Waals surface area (Å²) in [5.74, 6) is -0.431. The van der Waals surface area contributed by atoms with Crippen molar-refractivity contribution in [2.24, 2.45) is 0 Å². The number of pyridine rings is 2. The molecule has 2 aromatic carbocycles. The molecule has 214 valence electrons. The number of nitrogens with one attached hydrogen (secondary N) is 4. The van der Waals surface area contributed by atoms with Gasteiger partial charge in [0, 0.05) is 60.6 Å². The number of benzene rings is 2. The minimum atomic E-state index is -0.425. The Morgan fingerprint density at radius 1 is 0.976 bits per heavy atom. The van der Waals surface area contributed by atoms with Gasteiger partial charge < -0.3 is 20.5 Å². The van der Waals surface area contributed by atoms with E-state index in [1.165, 1.54) is 12.1 Å². The van der Waals surface area contributed by atoms with Crippen LogP contribution < -0.4 is 10.6 Å². The predicted octanol–water partition coefficient (Wildman–Crippen LogP) is 5.59. The van der Waals surface area contributed by atoms with E-state index < -0.39 is 5.82 Å². The van der Waals surface area contributed by atoms with Crippen molar-refractivity contribution in [3.63, 3.8) is 0 Å². The van der Waals surface area contributed by atoms with Gasteiger partial charge in [-0.2, -0.15) is 5.10 Å². The van der Waals surface area contributed by atoms with Crippen LogP contribution in [0.1, 0.15) is 12.5 Å². The lowest BCUT2D eigenvalue weighted by atomic mass is 10.0. The molecule has 0 atom stereocenters. The van der Waals surface area contributed by atoms with E-state index >= 15 is 4.39 Å². The standard InChI is InChI=1S/C31H31F2N9/c1-4-34-15-18-11-20(17-35-16-18)23-5-6-25-26(27(23)33)29(41-40-25)31-38-28-24(7-8-37-30(28)39-31)19-12-21(32)14-22(13-19)36-9-10-42(2)3/h5-8,11-14,16-17,34,36H,4,9-10,15H2,1-3H3,(H,40,41)(H,37,38,39). The molecule has 4 N–H and O–H groups in total. The third-order valence-electron chi connectivity index (χ3n) is 7.07. The van der Waals surface area contributed by atoms with Crippen molar-refractivity contribution in [3.8, 4) is 33.8 Å². The first-order chi connectivity index (χ1) is 20.4. The van der Waals surface area contributed by atoms with Gasteiger partial charge in [0.2, 0.25) is 0 Å². The fourth-order valence-electron chi connectivity index (χ4n) is 5.00. The number of aromatic nitrogens is 6. The number of rotatable bonds is 10. The SMILES string of the molecule is CCNCc1cncc(-c2ccc3[nH]nc(-c4nc5nccc(-c6cc(F)cc(NCCN(C)C)c6)c5[nH]4)c3c2F)c1. The molecule has 0 aliphatic carbocycles. The number of imidazole rings is 1. The quantitative estimate of drug-likeness (QED) is 0.171. The highest BCUT2D eigenvalue weighted by Gasteiger charge is 2.21. The molecule has 0 fully saturated rings. The van der Waals surface area contributed by atoms with Crippen LogP contribution in [0.25, 0.3) is 55.8 Å². The molecule has 0 radical (unpaired) electrons. The van der Waals surface area contributed by atoms with Gasteiger partial charge in [-0.25, -0.2) is 18.7 Å². The molecule has 0 spiro atoms. The monoisotopic (exact) mass is 567 g/mol. The van der Waals surface area contributed by atoms with Gasteiger partial charge in [0.1, 0.15) is 17.3 Å². The van der Waals surface area contributed by atoms with Gasteiger partial charge in [0.25, 0.3) is 0 Å². The number of H-pyrrole nitrogens is 2. The third-order valence-corrected chi connectivity index (χ3v) is 7.07. The Labute approximate surface area is 241 Å². The Morgan fingerprint density at radius 3 is 2.69 bits per heavy atom. The van der Waals surface area contributed by atoms with E-state index in [1.807, 2.05) is 33.2 Å². The molecule has 11 heteroatoms. The third kappa shape index (κ3) is 5.44. The summed E-state index contributed by atoms with van der Waals surface area (Å²) < 4.78 is 30.8. The van der Waals surface area contributed by atoms with E-state index in [1.54, 1.807) is 36.8 Å². The summed E-state index contributed by atoms with van der Waals surface area (Å²) in [7, 11) is 3.97. The van der Waals surface area contributed by atoms with Crippen molar-refractivity contribution in [2.45, 2.75) is 13.5 Å². The van der Waals surface area contributed by atoms with Gasteiger partial charge in [-0.1, -0.05) is 6.92 Å². The molecule has 0 aliphatic rings. The molecule has 0 aliphatic heterocycles. The Hall–Kier alpha value is -4.74. The smallest absolute Gasteiger partial charge is 0.178 e. The predicted molar refractivity (Wildman–Crippen MR) is 162 cm³/mol. The molecule has 0 saturated carbocycles. The first-order valence-electron chi connectivity index (χ1n) is 13.8. The summed E-state index contributed by atoms with van der Waals surface area (Å²) in [6.07, 6.45) is 5.05. The zero-order valence-electron chi connectivity index (χ0n) is 23.6. The molecular weight excluding hydrogens is 536 g/mol. The van der Waals surface area contributed by atoms with Gasteiger partial charge >= 0.3 is 0 Å². The maximum Gasteiger partial charge on any atom is 0.178 e. The van der Waals surface area contributed by atoms with E-state index in [0.29, 0.717) is 69.1 Å². The second-order valence-electron chi connectivity index (χ2n) is 10.4. The summed E-state index contributed by atoms with van der Waals surface area (Å²) in [4.78, 5) is 18.7. The van der Waals surface area contributed by atoms with Crippen molar-refractivity contribution in [1.82, 2.24) is 40.3 Å². The maximum absolute atomic E-state index is 16.1. The van der Waals surface area contributed by atoms with Crippen molar-refractivity contribution in [3.05, 3.63) is 78.3 Å². The molecule has 0 unspecified atom stereocenters. The summed E-state index contributed by atoms with van der Waals surface area (Å²) in [5, 5.41) is 14.2. The van der Waals surface area contributed by atoms with E-state index in [0.717, 1.165) is 24.2 Å². The zero-order chi connectivity index (χ0) is 29.2. The van der Waals surface area contributed by atoms with E-state index in [-0.39, 0.29) is 5.82 Å². The fraction of sp³-hybridized carbons (Fsp3) is 0.226. The molecule has 42 heavy (non-hydrogen) atoms. The summed E-state index contributed by atoms with van der Waals surface area (Å²) in [6, 6.07) is 12.1. The molecular formula is C31H31F2N9. The average Bonchev–Trinajstić information content (AvgIpc) is 3.61. The van der Waals surface area contributed by atoms with Gasteiger partial charge in [-0.05, 0) is 74.2 Å². The minimum Gasteiger partial charge on any atom is -0.384 e. The number of halogens is 2. The minimum absolute atomic E-state index is 0.309. The highest BCUT2D eigenvalue weighted by atomic mass is 19.1. The summed E-state index contributed by atoms with van der Waals surface area (Å²) in [5.41, 5.74) is 6.00. The van der Waals surface area contributed by atoms with Crippen molar-refractivity contribution >= 4 is 27.8 Å². The lowest BCUT2D eigenvalue weighted by molar-refractivity contribution is 0.425. The van der Waals surface area contributed by atoms with Crippen LogP contribution in [0.15, 0.2) is 61.1 Å². The van der Waals surface area contributed by atoms with Crippen molar-refractivity contribution in [2.75, 3.05) is 39.0 Å². The molecule has 6 rings (SSSR count). The van der Waals surface area contributed by atoms with E-state index in [4.69, 9.17) is 0 Å². The molecule has 4 heterocycles. The van der Waals surface area contributed by atoms with Gasteiger partial charge in [-0.15, -0.1) is 0 Å². The second-order valence-corrected chi connectivity index (χ2v) is 10.4. The van der Waals surface area contributed by atoms with E-state index in [9.17, 15) is 4.39 Å². The normalized spacial score (nSPS) is 11.7. The number of aromatic amines is 2. The zero-order valence-corrected chi connectivity index (χ0v) is 23.6. The van der Waals surface area contributed by atoms with Crippen LogP contribution in [0.2, 0.25) is 0 Å². The van der Waals surface area contributed by atoms with Crippen LogP contribution >= 0.6 is 0 Å². The largest absolute Gasteiger partial charge is 0.384 e.